The van der Waals surface area contributed by atoms with Gasteiger partial charge in [-0.05, 0) is 62.2 Å². The van der Waals surface area contributed by atoms with Gasteiger partial charge >= 0.3 is 5.69 Å². The fraction of sp³-hybridized carbons (Fsp3) is 0.143. The van der Waals surface area contributed by atoms with E-state index < -0.39 is 27.1 Å². The molecule has 0 saturated carbocycles. The Morgan fingerprint density at radius 2 is 1.61 bits per heavy atom. The van der Waals surface area contributed by atoms with Gasteiger partial charge in [0.1, 0.15) is 11.4 Å². The Kier molecular flexibility index (Phi) is 7.58. The minimum Gasteiger partial charge on any atom is -0.455 e. The van der Waals surface area contributed by atoms with Gasteiger partial charge in [-0.25, -0.2) is 0 Å². The number of non-ortho nitro benzene ring substituents is 1. The number of hydrogen-bond acceptors (Lipinski definition) is 10. The van der Waals surface area contributed by atoms with Crippen LogP contribution in [0.25, 0.3) is 0 Å². The van der Waals surface area contributed by atoms with Gasteiger partial charge in [0.05, 0.1) is 33.0 Å². The van der Waals surface area contributed by atoms with E-state index in [4.69, 9.17) is 4.42 Å². The number of aryl methyl sites for hydroxylation is 1. The average Bonchev–Trinajstić information content (AvgIpc) is 3.33. The van der Waals surface area contributed by atoms with Crippen molar-refractivity contribution in [3.8, 4) is 0 Å². The van der Waals surface area contributed by atoms with Gasteiger partial charge < -0.3 is 9.73 Å². The molecule has 13 nitrogen and oxygen atoms in total. The molecular formula is C28H23N7O6. The van der Waals surface area contributed by atoms with Crippen LogP contribution in [-0.2, 0) is 6.42 Å². The molecule has 0 aliphatic heterocycles. The van der Waals surface area contributed by atoms with Crippen LogP contribution in [0.5, 0.6) is 0 Å². The first kappa shape index (κ1) is 26.9. The Hall–Kier alpha value is -5.72. The lowest BCUT2D eigenvalue weighted by molar-refractivity contribution is -0.393. The van der Waals surface area contributed by atoms with Crippen molar-refractivity contribution in [2.45, 2.75) is 26.2 Å². The second-order valence-corrected chi connectivity index (χ2v) is 9.13. The van der Waals surface area contributed by atoms with E-state index in [1.807, 2.05) is 30.3 Å². The maximum absolute atomic E-state index is 13.1. The predicted octanol–water partition coefficient (Wildman–Crippen LogP) is 7.22. The fourth-order valence-corrected chi connectivity index (χ4v) is 4.41. The number of nitro benzene ring substituents is 2. The number of azo groups is 1. The number of hydrogen-bond donors (Lipinski definition) is 2. The second kappa shape index (κ2) is 11.6. The van der Waals surface area contributed by atoms with Crippen molar-refractivity contribution in [1.29, 1.82) is 0 Å². The van der Waals surface area contributed by atoms with Gasteiger partial charge in [-0.1, -0.05) is 18.2 Å². The lowest BCUT2D eigenvalue weighted by atomic mass is 9.93. The maximum atomic E-state index is 13.1. The SMILES string of the molecule is Cc1c(C(=O)Nc2ccc(N=Nc3ccccc3)cc2)oc2c1C(=NNc1ccc([N+](=O)[O-])cc1[N+](=O)[O-])CCC2. The first-order valence-electron chi connectivity index (χ1n) is 12.6. The van der Waals surface area contributed by atoms with Crippen LogP contribution < -0.4 is 10.7 Å². The molecule has 1 aromatic heterocycles. The van der Waals surface area contributed by atoms with Crippen LogP contribution in [0.1, 0.15) is 40.3 Å². The molecular weight excluding hydrogens is 530 g/mol. The molecule has 0 fully saturated rings. The zero-order valence-electron chi connectivity index (χ0n) is 21.7. The molecule has 1 heterocycles. The number of anilines is 2. The lowest BCUT2D eigenvalue weighted by Gasteiger charge is -2.13. The smallest absolute Gasteiger partial charge is 0.301 e. The molecule has 3 aromatic carbocycles. The predicted molar refractivity (Wildman–Crippen MR) is 151 cm³/mol. The van der Waals surface area contributed by atoms with Crippen LogP contribution in [0.15, 0.2) is 92.5 Å². The summed E-state index contributed by atoms with van der Waals surface area (Å²) in [4.78, 5) is 34.2. The Bertz CT molecular complexity index is 1700. The minimum atomic E-state index is -0.716. The third-order valence-corrected chi connectivity index (χ3v) is 6.39. The number of carbonyl (C=O) groups excluding carboxylic acids is 1. The Labute approximate surface area is 232 Å². The van der Waals surface area contributed by atoms with Crippen molar-refractivity contribution in [3.63, 3.8) is 0 Å². The molecule has 0 atom stereocenters. The van der Waals surface area contributed by atoms with Crippen LogP contribution in [0.3, 0.4) is 0 Å². The number of nitrogens with one attached hydrogen (secondary N) is 2. The van der Waals surface area contributed by atoms with Gasteiger partial charge in [0, 0.05) is 29.3 Å². The van der Waals surface area contributed by atoms with Crippen molar-refractivity contribution < 1.29 is 19.1 Å². The Balaban J connectivity index is 1.32. The maximum Gasteiger partial charge on any atom is 0.301 e. The van der Waals surface area contributed by atoms with Gasteiger partial charge in [-0.15, -0.1) is 0 Å². The molecule has 41 heavy (non-hydrogen) atoms. The summed E-state index contributed by atoms with van der Waals surface area (Å²) in [5, 5.41) is 38.0. The summed E-state index contributed by atoms with van der Waals surface area (Å²) in [6.07, 6.45) is 1.84. The van der Waals surface area contributed by atoms with Crippen molar-refractivity contribution in [2.75, 3.05) is 10.7 Å². The quantitative estimate of drug-likeness (QED) is 0.131. The van der Waals surface area contributed by atoms with E-state index in [-0.39, 0.29) is 11.4 Å². The highest BCUT2D eigenvalue weighted by Crippen LogP contribution is 2.32. The van der Waals surface area contributed by atoms with Crippen LogP contribution in [0.2, 0.25) is 0 Å². The summed E-state index contributed by atoms with van der Waals surface area (Å²) in [7, 11) is 0. The van der Waals surface area contributed by atoms with Gasteiger partial charge in [0.15, 0.2) is 5.76 Å². The minimum absolute atomic E-state index is 0.00564. The van der Waals surface area contributed by atoms with E-state index in [0.717, 1.165) is 17.8 Å². The van der Waals surface area contributed by atoms with E-state index in [0.29, 0.717) is 53.2 Å². The number of furan rings is 1. The van der Waals surface area contributed by atoms with Crippen molar-refractivity contribution >= 4 is 45.7 Å². The highest BCUT2D eigenvalue weighted by Gasteiger charge is 2.28. The normalized spacial score (nSPS) is 13.6. The summed E-state index contributed by atoms with van der Waals surface area (Å²) in [6.45, 7) is 1.75. The number of nitro groups is 2. The van der Waals surface area contributed by atoms with E-state index in [1.54, 1.807) is 31.2 Å². The van der Waals surface area contributed by atoms with Gasteiger partial charge in [0.2, 0.25) is 0 Å². The molecule has 0 unspecified atom stereocenters. The third kappa shape index (κ3) is 5.98. The molecule has 0 bridgehead atoms. The molecule has 1 aliphatic carbocycles. The van der Waals surface area contributed by atoms with Crippen LogP contribution in [-0.4, -0.2) is 21.5 Å². The monoisotopic (exact) mass is 553 g/mol. The molecule has 1 aliphatic rings. The van der Waals surface area contributed by atoms with Crippen LogP contribution in [0.4, 0.5) is 34.1 Å². The summed E-state index contributed by atoms with van der Waals surface area (Å²) in [5.74, 6) is 0.293. The Morgan fingerprint density at radius 1 is 0.902 bits per heavy atom. The number of carbonyl (C=O) groups is 1. The summed E-state index contributed by atoms with van der Waals surface area (Å²) in [5.41, 5.74) is 5.50. The summed E-state index contributed by atoms with van der Waals surface area (Å²) in [6, 6.07) is 19.5. The molecule has 1 amide bonds. The zero-order chi connectivity index (χ0) is 28.9. The molecule has 0 saturated heterocycles. The van der Waals surface area contributed by atoms with Gasteiger partial charge in [0.25, 0.3) is 11.6 Å². The van der Waals surface area contributed by atoms with Crippen molar-refractivity contribution in [1.82, 2.24) is 0 Å². The lowest BCUT2D eigenvalue weighted by Crippen LogP contribution is -2.14. The molecule has 5 rings (SSSR count). The van der Waals surface area contributed by atoms with E-state index in [9.17, 15) is 25.0 Å². The van der Waals surface area contributed by atoms with Gasteiger partial charge in [-0.3, -0.25) is 30.4 Å². The fourth-order valence-electron chi connectivity index (χ4n) is 4.41. The number of fused-ring (bicyclic) bond motifs is 1. The van der Waals surface area contributed by atoms with Crippen LogP contribution >= 0.6 is 0 Å². The van der Waals surface area contributed by atoms with Crippen LogP contribution in [0, 0.1) is 27.2 Å². The zero-order valence-corrected chi connectivity index (χ0v) is 21.7. The molecule has 4 aromatic rings. The first-order valence-corrected chi connectivity index (χ1v) is 12.6. The molecule has 0 radical (unpaired) electrons. The van der Waals surface area contributed by atoms with E-state index in [2.05, 4.69) is 26.1 Å². The number of nitrogens with zero attached hydrogens (tertiary/aromatic N) is 5. The highest BCUT2D eigenvalue weighted by molar-refractivity contribution is 6.09. The van der Waals surface area contributed by atoms with E-state index >= 15 is 0 Å². The molecule has 206 valence electrons. The largest absolute Gasteiger partial charge is 0.455 e. The Morgan fingerprint density at radius 3 is 2.29 bits per heavy atom. The first-order chi connectivity index (χ1) is 19.8. The number of benzene rings is 3. The average molecular weight is 554 g/mol. The van der Waals surface area contributed by atoms with E-state index in [1.165, 1.54) is 6.07 Å². The molecule has 13 heteroatoms. The van der Waals surface area contributed by atoms with Gasteiger partial charge in [-0.2, -0.15) is 15.3 Å². The van der Waals surface area contributed by atoms with Crippen molar-refractivity contribution in [2.24, 2.45) is 15.3 Å². The highest BCUT2D eigenvalue weighted by atomic mass is 16.6. The number of rotatable bonds is 8. The third-order valence-electron chi connectivity index (χ3n) is 6.39. The van der Waals surface area contributed by atoms with Crippen molar-refractivity contribution in [3.05, 3.63) is 116 Å². The summed E-state index contributed by atoms with van der Waals surface area (Å²) >= 11 is 0. The summed E-state index contributed by atoms with van der Waals surface area (Å²) < 4.78 is 5.93. The molecule has 0 spiro atoms. The number of amides is 1. The molecule has 2 N–H and O–H groups in total. The standard InChI is InChI=1S/C28H23N7O6/c1-17-26-23(33-32-22-15-14-21(34(37)38)16-24(22)35(39)40)8-5-9-25(26)41-27(17)28(36)29-18-10-12-20(13-11-18)31-30-19-6-3-2-4-7-19/h2-4,6-7,10-16,32H,5,8-9H2,1H3,(H,29,36). The second-order valence-electron chi connectivity index (χ2n) is 9.13. The number of hydrazone groups is 1. The topological polar surface area (TPSA) is 178 Å².